The fourth-order valence-electron chi connectivity index (χ4n) is 6.17. The van der Waals surface area contributed by atoms with Gasteiger partial charge < -0.3 is 15.5 Å². The number of para-hydroxylation sites is 1. The molecule has 0 fully saturated rings. The molecular formula is C39H53N5O2. The number of nitrogens with zero attached hydrogens (tertiary/aromatic N) is 3. The van der Waals surface area contributed by atoms with Crippen LogP contribution in [-0.4, -0.2) is 40.1 Å². The van der Waals surface area contributed by atoms with Crippen molar-refractivity contribution < 1.29 is 4.79 Å². The number of rotatable bonds is 14. The first-order chi connectivity index (χ1) is 22.0. The van der Waals surface area contributed by atoms with Gasteiger partial charge in [-0.15, -0.1) is 0 Å². The van der Waals surface area contributed by atoms with Gasteiger partial charge in [-0.3, -0.25) is 9.36 Å². The molecule has 2 aromatic carbocycles. The maximum Gasteiger partial charge on any atom is 0.323 e. The number of hydrogen-bond acceptors (Lipinski definition) is 4. The van der Waals surface area contributed by atoms with E-state index in [0.29, 0.717) is 23.7 Å². The van der Waals surface area contributed by atoms with Crippen molar-refractivity contribution >= 4 is 28.4 Å². The minimum Gasteiger partial charge on any atom is -0.307 e. The van der Waals surface area contributed by atoms with E-state index in [4.69, 9.17) is 4.98 Å². The van der Waals surface area contributed by atoms with Gasteiger partial charge in [0.05, 0.1) is 0 Å². The number of carbonyl (C=O) groups is 1. The van der Waals surface area contributed by atoms with Gasteiger partial charge in [-0.1, -0.05) is 97.9 Å². The monoisotopic (exact) mass is 623 g/mol. The molecule has 0 atom stereocenters. The van der Waals surface area contributed by atoms with Crippen LogP contribution in [0.2, 0.25) is 0 Å². The molecule has 0 saturated carbocycles. The van der Waals surface area contributed by atoms with Crippen molar-refractivity contribution in [3.63, 3.8) is 0 Å². The first kappa shape index (κ1) is 34.9. The zero-order valence-electron chi connectivity index (χ0n) is 29.1. The number of nitrogens with one attached hydrogen (secondary N) is 2. The van der Waals surface area contributed by atoms with Crippen LogP contribution in [0.15, 0.2) is 65.6 Å². The van der Waals surface area contributed by atoms with E-state index in [0.717, 1.165) is 66.7 Å². The summed E-state index contributed by atoms with van der Waals surface area (Å²) in [5.74, 6) is 0.836. The molecule has 0 aliphatic rings. The van der Waals surface area contributed by atoms with Crippen LogP contribution in [0.1, 0.15) is 96.8 Å². The Labute approximate surface area is 275 Å². The van der Waals surface area contributed by atoms with Crippen LogP contribution < -0.4 is 16.2 Å². The van der Waals surface area contributed by atoms with Crippen LogP contribution in [0, 0.1) is 5.92 Å². The number of hydrogen-bond donors (Lipinski definition) is 2. The number of urea groups is 1. The summed E-state index contributed by atoms with van der Waals surface area (Å²) >= 11 is 0. The highest BCUT2D eigenvalue weighted by Gasteiger charge is 2.23. The molecule has 0 aliphatic carbocycles. The molecule has 2 N–H and O–H groups in total. The summed E-state index contributed by atoms with van der Waals surface area (Å²) in [4.78, 5) is 35.4. The van der Waals surface area contributed by atoms with Gasteiger partial charge >= 0.3 is 6.03 Å². The summed E-state index contributed by atoms with van der Waals surface area (Å²) in [5.41, 5.74) is 6.40. The van der Waals surface area contributed by atoms with E-state index in [1.54, 1.807) is 10.8 Å². The molecular weight excluding hydrogens is 570 g/mol. The molecule has 7 nitrogen and oxygen atoms in total. The molecule has 0 radical (unpaired) electrons. The lowest BCUT2D eigenvalue weighted by Gasteiger charge is -2.22. The van der Waals surface area contributed by atoms with Crippen molar-refractivity contribution in [3.05, 3.63) is 87.8 Å². The average Bonchev–Trinajstić information content (AvgIpc) is 3.03. The number of pyridine rings is 2. The summed E-state index contributed by atoms with van der Waals surface area (Å²) in [6, 6.07) is 18.0. The summed E-state index contributed by atoms with van der Waals surface area (Å²) in [5, 5.41) is 7.05. The molecule has 0 saturated heterocycles. The highest BCUT2D eigenvalue weighted by atomic mass is 16.2. The Morgan fingerprint density at radius 3 is 2.15 bits per heavy atom. The van der Waals surface area contributed by atoms with Crippen molar-refractivity contribution in [2.24, 2.45) is 5.92 Å². The molecule has 0 aliphatic heterocycles. The fourth-order valence-corrected chi connectivity index (χ4v) is 6.17. The number of benzene rings is 2. The van der Waals surface area contributed by atoms with Crippen LogP contribution in [0.5, 0.6) is 0 Å². The lowest BCUT2D eigenvalue weighted by molar-refractivity contribution is 0.262. The Bertz CT molecular complexity index is 1660. The van der Waals surface area contributed by atoms with E-state index in [1.807, 2.05) is 30.3 Å². The highest BCUT2D eigenvalue weighted by molar-refractivity contribution is 6.07. The van der Waals surface area contributed by atoms with Gasteiger partial charge in [0.1, 0.15) is 11.3 Å². The first-order valence-electron chi connectivity index (χ1n) is 17.1. The standard InChI is InChI=1S/C39H53N5O2/c1-9-43(10-2)23-14-16-29-15-11-17-30(25-29)34-33-20-13-22-40-37(33)44(24-21-26(3)4)38(45)36(34)42-39(46)41-35-31(27(5)6)18-12-19-32(35)28(7)8/h11-13,15,17-20,22,25-28H,9-10,14,16,21,23-24H2,1-8H3,(H2,41,42,46). The number of aryl methyl sites for hydroxylation is 2. The lowest BCUT2D eigenvalue weighted by atomic mass is 9.93. The van der Waals surface area contributed by atoms with Gasteiger partial charge in [-0.25, -0.2) is 9.78 Å². The van der Waals surface area contributed by atoms with Gasteiger partial charge in [-0.05, 0) is 91.0 Å². The molecule has 4 aromatic rings. The van der Waals surface area contributed by atoms with E-state index in [1.165, 1.54) is 5.56 Å². The average molecular weight is 624 g/mol. The summed E-state index contributed by atoms with van der Waals surface area (Å²) in [6.07, 6.45) is 4.53. The molecule has 46 heavy (non-hydrogen) atoms. The molecule has 2 amide bonds. The second-order valence-electron chi connectivity index (χ2n) is 13.3. The maximum absolute atomic E-state index is 14.4. The Morgan fingerprint density at radius 2 is 1.52 bits per heavy atom. The Balaban J connectivity index is 1.83. The quantitative estimate of drug-likeness (QED) is 0.147. The van der Waals surface area contributed by atoms with Crippen LogP contribution in [0.25, 0.3) is 22.2 Å². The van der Waals surface area contributed by atoms with Crippen molar-refractivity contribution in [1.82, 2.24) is 14.5 Å². The molecule has 246 valence electrons. The third-order valence-corrected chi connectivity index (χ3v) is 8.85. The zero-order valence-corrected chi connectivity index (χ0v) is 29.1. The summed E-state index contributed by atoms with van der Waals surface area (Å²) < 4.78 is 1.73. The summed E-state index contributed by atoms with van der Waals surface area (Å²) in [6.45, 7) is 20.8. The maximum atomic E-state index is 14.4. The van der Waals surface area contributed by atoms with E-state index in [-0.39, 0.29) is 23.1 Å². The Hall–Kier alpha value is -3.97. The number of aromatic nitrogens is 2. The number of amides is 2. The summed E-state index contributed by atoms with van der Waals surface area (Å²) in [7, 11) is 0. The predicted molar refractivity (Wildman–Crippen MR) is 194 cm³/mol. The predicted octanol–water partition coefficient (Wildman–Crippen LogP) is 9.27. The van der Waals surface area contributed by atoms with E-state index >= 15 is 0 Å². The zero-order chi connectivity index (χ0) is 33.4. The third kappa shape index (κ3) is 8.24. The SMILES string of the molecule is CCN(CC)CCCc1cccc(-c2c(NC(=O)Nc3c(C(C)C)cccc3C(C)C)c(=O)n(CCC(C)C)c3ncccc23)c1. The van der Waals surface area contributed by atoms with Crippen LogP contribution in [0.4, 0.5) is 16.2 Å². The van der Waals surface area contributed by atoms with Crippen molar-refractivity contribution in [2.75, 3.05) is 30.3 Å². The van der Waals surface area contributed by atoms with E-state index in [2.05, 4.69) is 95.2 Å². The second kappa shape index (κ2) is 16.0. The van der Waals surface area contributed by atoms with Crippen LogP contribution >= 0.6 is 0 Å². The van der Waals surface area contributed by atoms with Gasteiger partial charge in [0.2, 0.25) is 0 Å². The molecule has 0 bridgehead atoms. The number of fused-ring (bicyclic) bond motifs is 1. The molecule has 0 unspecified atom stereocenters. The number of carbonyl (C=O) groups excluding carboxylic acids is 1. The Kier molecular flexibility index (Phi) is 12.2. The van der Waals surface area contributed by atoms with E-state index in [9.17, 15) is 9.59 Å². The normalized spacial score (nSPS) is 11.7. The molecule has 0 spiro atoms. The minimum atomic E-state index is -0.428. The topological polar surface area (TPSA) is 79.3 Å². The largest absolute Gasteiger partial charge is 0.323 e. The highest BCUT2D eigenvalue weighted by Crippen LogP contribution is 2.35. The molecule has 7 heteroatoms. The van der Waals surface area contributed by atoms with Crippen molar-refractivity contribution in [3.8, 4) is 11.1 Å². The first-order valence-corrected chi connectivity index (χ1v) is 17.1. The van der Waals surface area contributed by atoms with Crippen LogP contribution in [-0.2, 0) is 13.0 Å². The van der Waals surface area contributed by atoms with Crippen LogP contribution in [0.3, 0.4) is 0 Å². The second-order valence-corrected chi connectivity index (χ2v) is 13.3. The minimum absolute atomic E-state index is 0.217. The van der Waals surface area contributed by atoms with Crippen molar-refractivity contribution in [1.29, 1.82) is 0 Å². The molecule has 4 rings (SSSR count). The third-order valence-electron chi connectivity index (χ3n) is 8.85. The van der Waals surface area contributed by atoms with E-state index < -0.39 is 6.03 Å². The smallest absolute Gasteiger partial charge is 0.307 e. The van der Waals surface area contributed by atoms with Gasteiger partial charge in [0, 0.05) is 29.4 Å². The van der Waals surface area contributed by atoms with Gasteiger partial charge in [-0.2, -0.15) is 0 Å². The Morgan fingerprint density at radius 1 is 0.870 bits per heavy atom. The molecule has 2 heterocycles. The van der Waals surface area contributed by atoms with Crippen molar-refractivity contribution in [2.45, 2.75) is 93.0 Å². The van der Waals surface area contributed by atoms with Gasteiger partial charge in [0.15, 0.2) is 0 Å². The van der Waals surface area contributed by atoms with Gasteiger partial charge in [0.25, 0.3) is 5.56 Å². The number of anilines is 2. The molecule has 2 aromatic heterocycles. The fraction of sp³-hybridized carbons (Fsp3) is 0.462. The lowest BCUT2D eigenvalue weighted by Crippen LogP contribution is -2.30.